The molecule has 0 saturated carbocycles. The molecule has 0 bridgehead atoms. The Labute approximate surface area is 350 Å². The Bertz CT molecular complexity index is 3400. The van der Waals surface area contributed by atoms with Crippen LogP contribution in [0.5, 0.6) is 11.5 Å². The number of furan rings is 1. The molecule has 284 valence electrons. The monoisotopic (exact) mass is 790 g/mol. The highest BCUT2D eigenvalue weighted by molar-refractivity contribution is 7.99. The van der Waals surface area contributed by atoms with Gasteiger partial charge in [-0.25, -0.2) is 0 Å². The lowest BCUT2D eigenvalue weighted by atomic mass is 10.1. The Kier molecular flexibility index (Phi) is 7.99. The van der Waals surface area contributed by atoms with E-state index >= 15 is 0 Å². The average molecular weight is 791 g/mol. The molecule has 0 fully saturated rings. The molecule has 6 nitrogen and oxygen atoms in total. The molecule has 60 heavy (non-hydrogen) atoms. The number of rotatable bonds is 7. The molecule has 7 heteroatoms. The quantitative estimate of drug-likeness (QED) is 0.160. The highest BCUT2D eigenvalue weighted by Crippen LogP contribution is 2.51. The van der Waals surface area contributed by atoms with Crippen LogP contribution in [-0.2, 0) is 0 Å². The largest absolute Gasteiger partial charge is 0.456 e. The summed E-state index contributed by atoms with van der Waals surface area (Å²) >= 11 is 1.73. The Morgan fingerprint density at radius 3 is 1.83 bits per heavy atom. The van der Waals surface area contributed by atoms with Crippen LogP contribution in [0.2, 0.25) is 0 Å². The normalized spacial score (nSPS) is 12.1. The lowest BCUT2D eigenvalue weighted by Gasteiger charge is -2.29. The number of pyridine rings is 1. The summed E-state index contributed by atoms with van der Waals surface area (Å²) < 4.78 is 15.4. The summed E-state index contributed by atoms with van der Waals surface area (Å²) in [6, 6.07) is 67.9. The lowest BCUT2D eigenvalue weighted by molar-refractivity contribution is 0.455. The predicted octanol–water partition coefficient (Wildman–Crippen LogP) is 15.3. The predicted molar refractivity (Wildman–Crippen MR) is 246 cm³/mol. The number of ether oxygens (including phenoxy) is 1. The Balaban J connectivity index is 0.918. The first kappa shape index (κ1) is 34.3. The first-order valence-electron chi connectivity index (χ1n) is 19.9. The van der Waals surface area contributed by atoms with Crippen molar-refractivity contribution in [3.63, 3.8) is 0 Å². The summed E-state index contributed by atoms with van der Waals surface area (Å²) in [5.74, 6) is 1.64. The van der Waals surface area contributed by atoms with Crippen LogP contribution in [0.3, 0.4) is 0 Å². The molecule has 0 unspecified atom stereocenters. The molecule has 0 spiro atoms. The number of hydrogen-bond donors (Lipinski definition) is 0. The second kappa shape index (κ2) is 14.0. The van der Waals surface area contributed by atoms with Gasteiger partial charge in [0, 0.05) is 85.9 Å². The van der Waals surface area contributed by atoms with Crippen molar-refractivity contribution in [3.8, 4) is 17.2 Å². The standard InChI is InChI=1S/C53H34N4O2S/c1-4-12-35(13-5-1)55(38-21-25-46-44(30-38)45-34-54-29-28-47(45)57(46)37-16-8-3-9-17-37)41-22-26-49-53(33-41)60-52-27-23-40(32-51(52)59-49)56(36-14-6-2-7-15-36)39-20-24-43-42-18-10-11-19-48(42)58-50(43)31-39/h1-34H. The van der Waals surface area contributed by atoms with E-state index in [2.05, 4.69) is 195 Å². The van der Waals surface area contributed by atoms with E-state index in [0.29, 0.717) is 0 Å². The molecule has 0 aliphatic carbocycles. The number of hydrogen-bond acceptors (Lipinski definition) is 6. The molecule has 1 aliphatic rings. The van der Waals surface area contributed by atoms with Crippen LogP contribution in [0.1, 0.15) is 0 Å². The van der Waals surface area contributed by atoms with Gasteiger partial charge in [-0.3, -0.25) is 4.98 Å². The smallest absolute Gasteiger partial charge is 0.143 e. The van der Waals surface area contributed by atoms with Crippen LogP contribution in [0, 0.1) is 0 Å². The van der Waals surface area contributed by atoms with Gasteiger partial charge in [-0.15, -0.1) is 0 Å². The molecular formula is C53H34N4O2S. The summed E-state index contributed by atoms with van der Waals surface area (Å²) in [7, 11) is 0. The maximum atomic E-state index is 6.75. The SMILES string of the molecule is c1ccc(N(c2ccc3c(c2)Oc2ccc(N(c4ccccc4)c4ccc5c(c4)c4cnccc4n5-c4ccccc4)cc2S3)c2ccc3c(c2)oc2ccccc23)cc1. The van der Waals surface area contributed by atoms with Crippen LogP contribution in [-0.4, -0.2) is 9.55 Å². The Hall–Kier alpha value is -7.74. The van der Waals surface area contributed by atoms with E-state index in [1.165, 1.54) is 0 Å². The summed E-state index contributed by atoms with van der Waals surface area (Å²) in [5, 5.41) is 4.46. The van der Waals surface area contributed by atoms with Crippen molar-refractivity contribution in [2.24, 2.45) is 0 Å². The van der Waals surface area contributed by atoms with E-state index < -0.39 is 0 Å². The maximum Gasteiger partial charge on any atom is 0.143 e. The van der Waals surface area contributed by atoms with Gasteiger partial charge in [0.2, 0.25) is 0 Å². The van der Waals surface area contributed by atoms with Crippen molar-refractivity contribution in [1.82, 2.24) is 9.55 Å². The summed E-state index contributed by atoms with van der Waals surface area (Å²) in [5.41, 5.74) is 11.3. The Morgan fingerprint density at radius 1 is 0.417 bits per heavy atom. The van der Waals surface area contributed by atoms with E-state index in [-0.39, 0.29) is 0 Å². The molecule has 0 N–H and O–H groups in total. The summed E-state index contributed by atoms with van der Waals surface area (Å²) in [4.78, 5) is 11.2. The second-order valence-electron chi connectivity index (χ2n) is 14.9. The van der Waals surface area contributed by atoms with E-state index in [1.54, 1.807) is 11.8 Å². The van der Waals surface area contributed by atoms with Gasteiger partial charge < -0.3 is 23.5 Å². The topological polar surface area (TPSA) is 46.7 Å². The third-order valence-corrected chi connectivity index (χ3v) is 12.4. The van der Waals surface area contributed by atoms with Crippen molar-refractivity contribution in [2.45, 2.75) is 9.79 Å². The highest BCUT2D eigenvalue weighted by Gasteiger charge is 2.24. The molecule has 4 heterocycles. The third-order valence-electron chi connectivity index (χ3n) is 11.3. The number of aromatic nitrogens is 2. The van der Waals surface area contributed by atoms with Gasteiger partial charge in [0.25, 0.3) is 0 Å². The summed E-state index contributed by atoms with van der Waals surface area (Å²) in [6.07, 6.45) is 3.84. The lowest BCUT2D eigenvalue weighted by Crippen LogP contribution is -2.11. The van der Waals surface area contributed by atoms with Gasteiger partial charge in [0.1, 0.15) is 22.7 Å². The molecule has 0 saturated heterocycles. The fraction of sp³-hybridized carbons (Fsp3) is 0. The fourth-order valence-corrected chi connectivity index (χ4v) is 9.55. The van der Waals surface area contributed by atoms with Crippen molar-refractivity contribution in [3.05, 3.63) is 207 Å². The first-order chi connectivity index (χ1) is 29.7. The molecule has 0 atom stereocenters. The second-order valence-corrected chi connectivity index (χ2v) is 15.9. The molecule has 1 aliphatic heterocycles. The highest BCUT2D eigenvalue weighted by atomic mass is 32.2. The van der Waals surface area contributed by atoms with E-state index in [1.807, 2.05) is 30.6 Å². The first-order valence-corrected chi connectivity index (χ1v) is 20.7. The molecule has 8 aromatic carbocycles. The van der Waals surface area contributed by atoms with Gasteiger partial charge in [0.15, 0.2) is 0 Å². The van der Waals surface area contributed by atoms with E-state index in [0.717, 1.165) is 105 Å². The molecule has 11 aromatic rings. The van der Waals surface area contributed by atoms with Crippen LogP contribution in [0.15, 0.2) is 221 Å². The minimum absolute atomic E-state index is 0.817. The molecule has 3 aromatic heterocycles. The maximum absolute atomic E-state index is 6.75. The van der Waals surface area contributed by atoms with Crippen molar-refractivity contribution in [2.75, 3.05) is 9.80 Å². The minimum atomic E-state index is 0.817. The summed E-state index contributed by atoms with van der Waals surface area (Å²) in [6.45, 7) is 0. The van der Waals surface area contributed by atoms with Crippen molar-refractivity contribution >= 4 is 89.6 Å². The third kappa shape index (κ3) is 5.70. The van der Waals surface area contributed by atoms with Crippen molar-refractivity contribution in [1.29, 1.82) is 0 Å². The van der Waals surface area contributed by atoms with Crippen LogP contribution < -0.4 is 14.5 Å². The van der Waals surface area contributed by atoms with Gasteiger partial charge in [-0.05, 0) is 109 Å². The van der Waals surface area contributed by atoms with Gasteiger partial charge >= 0.3 is 0 Å². The molecule has 0 amide bonds. The number of para-hydroxylation sites is 4. The van der Waals surface area contributed by atoms with Gasteiger partial charge in [-0.2, -0.15) is 0 Å². The Morgan fingerprint density at radius 2 is 1.03 bits per heavy atom. The number of benzene rings is 8. The molecular weight excluding hydrogens is 757 g/mol. The van der Waals surface area contributed by atoms with E-state index in [9.17, 15) is 0 Å². The van der Waals surface area contributed by atoms with E-state index in [4.69, 9.17) is 9.15 Å². The van der Waals surface area contributed by atoms with Gasteiger partial charge in [-0.1, -0.05) is 84.6 Å². The van der Waals surface area contributed by atoms with Crippen molar-refractivity contribution < 1.29 is 9.15 Å². The minimum Gasteiger partial charge on any atom is -0.456 e. The number of nitrogens with zero attached hydrogens (tertiary/aromatic N) is 4. The zero-order chi connectivity index (χ0) is 39.6. The zero-order valence-electron chi connectivity index (χ0n) is 32.1. The zero-order valence-corrected chi connectivity index (χ0v) is 33.0. The van der Waals surface area contributed by atoms with Gasteiger partial charge in [0.05, 0.1) is 20.8 Å². The number of fused-ring (bicyclic) bond motifs is 8. The molecule has 12 rings (SSSR count). The average Bonchev–Trinajstić information content (AvgIpc) is 3.85. The molecule has 0 radical (unpaired) electrons. The van der Waals surface area contributed by atoms with Crippen LogP contribution in [0.4, 0.5) is 34.1 Å². The number of anilines is 6. The van der Waals surface area contributed by atoms with Crippen LogP contribution in [0.25, 0.3) is 49.4 Å². The fourth-order valence-electron chi connectivity index (χ4n) is 8.59. The van der Waals surface area contributed by atoms with Crippen LogP contribution >= 0.6 is 11.8 Å².